The molecule has 6 nitrogen and oxygen atoms in total. The fraction of sp³-hybridized carbons (Fsp3) is 0.263. The number of carbonyl (C=O) groups is 2. The van der Waals surface area contributed by atoms with Crippen LogP contribution in [0.3, 0.4) is 0 Å². The molecule has 2 aromatic carbocycles. The SMILES string of the molecule is COc1ccc(N(CCNC(=O)c2ccccc2OC)C(C)=O)cc1Cl. The van der Waals surface area contributed by atoms with E-state index in [0.29, 0.717) is 34.3 Å². The minimum absolute atomic E-state index is 0.155. The topological polar surface area (TPSA) is 67.9 Å². The lowest BCUT2D eigenvalue weighted by molar-refractivity contribution is -0.116. The smallest absolute Gasteiger partial charge is 0.255 e. The minimum Gasteiger partial charge on any atom is -0.496 e. The van der Waals surface area contributed by atoms with Gasteiger partial charge in [0.25, 0.3) is 5.91 Å². The van der Waals surface area contributed by atoms with E-state index in [0.717, 1.165) is 0 Å². The number of carbonyl (C=O) groups excluding carboxylic acids is 2. The summed E-state index contributed by atoms with van der Waals surface area (Å²) >= 11 is 6.13. The quantitative estimate of drug-likeness (QED) is 0.806. The first kappa shape index (κ1) is 19.6. The molecule has 0 radical (unpaired) electrons. The van der Waals surface area contributed by atoms with Crippen molar-refractivity contribution in [3.05, 3.63) is 53.1 Å². The lowest BCUT2D eigenvalue weighted by Crippen LogP contribution is -2.37. The van der Waals surface area contributed by atoms with Gasteiger partial charge in [-0.05, 0) is 30.3 Å². The van der Waals surface area contributed by atoms with Gasteiger partial charge in [-0.3, -0.25) is 9.59 Å². The van der Waals surface area contributed by atoms with Crippen LogP contribution in [0.5, 0.6) is 11.5 Å². The van der Waals surface area contributed by atoms with Gasteiger partial charge in [0.05, 0.1) is 24.8 Å². The first-order chi connectivity index (χ1) is 12.5. The third kappa shape index (κ3) is 4.67. The van der Waals surface area contributed by atoms with Crippen molar-refractivity contribution >= 4 is 29.1 Å². The molecule has 0 aromatic heterocycles. The van der Waals surface area contributed by atoms with Crippen molar-refractivity contribution in [2.24, 2.45) is 0 Å². The Labute approximate surface area is 157 Å². The van der Waals surface area contributed by atoms with E-state index in [2.05, 4.69) is 5.32 Å². The Hall–Kier alpha value is -2.73. The number of nitrogens with zero attached hydrogens (tertiary/aromatic N) is 1. The molecule has 0 spiro atoms. The average Bonchev–Trinajstić information content (AvgIpc) is 2.64. The monoisotopic (exact) mass is 376 g/mol. The van der Waals surface area contributed by atoms with Gasteiger partial charge in [0, 0.05) is 25.7 Å². The largest absolute Gasteiger partial charge is 0.496 e. The Bertz CT molecular complexity index is 795. The Morgan fingerprint density at radius 2 is 1.77 bits per heavy atom. The number of ether oxygens (including phenoxy) is 2. The number of halogens is 1. The van der Waals surface area contributed by atoms with E-state index >= 15 is 0 Å². The van der Waals surface area contributed by atoms with E-state index in [4.69, 9.17) is 21.1 Å². The van der Waals surface area contributed by atoms with Gasteiger partial charge in [-0.15, -0.1) is 0 Å². The highest BCUT2D eigenvalue weighted by atomic mass is 35.5. The van der Waals surface area contributed by atoms with Crippen LogP contribution in [-0.4, -0.2) is 39.1 Å². The van der Waals surface area contributed by atoms with Gasteiger partial charge in [0.15, 0.2) is 0 Å². The zero-order valence-corrected chi connectivity index (χ0v) is 15.7. The van der Waals surface area contributed by atoms with E-state index in [1.54, 1.807) is 42.5 Å². The fourth-order valence-electron chi connectivity index (χ4n) is 2.50. The number of hydrogen-bond donors (Lipinski definition) is 1. The van der Waals surface area contributed by atoms with E-state index in [1.807, 2.05) is 0 Å². The summed E-state index contributed by atoms with van der Waals surface area (Å²) in [4.78, 5) is 25.8. The fourth-order valence-corrected chi connectivity index (χ4v) is 2.75. The van der Waals surface area contributed by atoms with E-state index < -0.39 is 0 Å². The first-order valence-corrected chi connectivity index (χ1v) is 8.38. The summed E-state index contributed by atoms with van der Waals surface area (Å²) in [6.45, 7) is 2.04. The molecule has 2 aromatic rings. The highest BCUT2D eigenvalue weighted by Gasteiger charge is 2.15. The molecule has 138 valence electrons. The molecule has 0 aliphatic heterocycles. The van der Waals surface area contributed by atoms with Gasteiger partial charge in [-0.25, -0.2) is 0 Å². The molecule has 0 heterocycles. The van der Waals surface area contributed by atoms with Crippen molar-refractivity contribution in [2.45, 2.75) is 6.92 Å². The normalized spacial score (nSPS) is 10.2. The van der Waals surface area contributed by atoms with Gasteiger partial charge >= 0.3 is 0 Å². The van der Waals surface area contributed by atoms with Crippen LogP contribution in [0.15, 0.2) is 42.5 Å². The second-order valence-electron chi connectivity index (χ2n) is 5.45. The summed E-state index contributed by atoms with van der Waals surface area (Å²) < 4.78 is 10.3. The Morgan fingerprint density at radius 3 is 2.38 bits per heavy atom. The number of amides is 2. The molecule has 0 aliphatic carbocycles. The molecular formula is C19H21ClN2O4. The number of nitrogens with one attached hydrogen (secondary N) is 1. The summed E-state index contributed by atoms with van der Waals surface area (Å²) in [6.07, 6.45) is 0. The number of hydrogen-bond acceptors (Lipinski definition) is 4. The van der Waals surface area contributed by atoms with Crippen molar-refractivity contribution in [1.82, 2.24) is 5.32 Å². The summed E-state index contributed by atoms with van der Waals surface area (Å²) in [5.41, 5.74) is 1.08. The number of rotatable bonds is 7. The lowest BCUT2D eigenvalue weighted by Gasteiger charge is -2.22. The molecule has 0 unspecified atom stereocenters. The molecule has 0 atom stereocenters. The van der Waals surface area contributed by atoms with Crippen molar-refractivity contribution in [1.29, 1.82) is 0 Å². The van der Waals surface area contributed by atoms with Crippen LogP contribution < -0.4 is 19.7 Å². The van der Waals surface area contributed by atoms with E-state index in [1.165, 1.54) is 26.0 Å². The van der Waals surface area contributed by atoms with Gasteiger partial charge in [-0.1, -0.05) is 23.7 Å². The third-order valence-electron chi connectivity index (χ3n) is 3.80. The van der Waals surface area contributed by atoms with E-state index in [-0.39, 0.29) is 18.4 Å². The zero-order chi connectivity index (χ0) is 19.1. The van der Waals surface area contributed by atoms with Crippen molar-refractivity contribution < 1.29 is 19.1 Å². The summed E-state index contributed by atoms with van der Waals surface area (Å²) in [5.74, 6) is 0.607. The number of methoxy groups -OCH3 is 2. The van der Waals surface area contributed by atoms with Crippen LogP contribution in [0.2, 0.25) is 5.02 Å². The first-order valence-electron chi connectivity index (χ1n) is 8.00. The molecular weight excluding hydrogens is 356 g/mol. The minimum atomic E-state index is -0.265. The maximum absolute atomic E-state index is 12.3. The maximum Gasteiger partial charge on any atom is 0.255 e. The Morgan fingerprint density at radius 1 is 1.08 bits per heavy atom. The van der Waals surface area contributed by atoms with Crippen molar-refractivity contribution in [2.75, 3.05) is 32.2 Å². The molecule has 0 bridgehead atoms. The van der Waals surface area contributed by atoms with Crippen molar-refractivity contribution in [3.8, 4) is 11.5 Å². The average molecular weight is 377 g/mol. The molecule has 7 heteroatoms. The second kappa shape index (κ2) is 9.10. The standard InChI is InChI=1S/C19H21ClN2O4/c1-13(23)22(14-8-9-18(26-3)16(20)12-14)11-10-21-19(24)15-6-4-5-7-17(15)25-2/h4-9,12H,10-11H2,1-3H3,(H,21,24). The van der Waals surface area contributed by atoms with Gasteiger partial charge in [-0.2, -0.15) is 0 Å². The number of benzene rings is 2. The number of anilines is 1. The van der Waals surface area contributed by atoms with Gasteiger partial charge < -0.3 is 19.7 Å². The second-order valence-corrected chi connectivity index (χ2v) is 5.85. The molecule has 0 saturated heterocycles. The number of para-hydroxylation sites is 1. The van der Waals surface area contributed by atoms with Crippen LogP contribution in [0.4, 0.5) is 5.69 Å². The van der Waals surface area contributed by atoms with Crippen LogP contribution >= 0.6 is 11.6 Å². The zero-order valence-electron chi connectivity index (χ0n) is 14.9. The van der Waals surface area contributed by atoms with Crippen molar-refractivity contribution in [3.63, 3.8) is 0 Å². The molecule has 0 aliphatic rings. The van der Waals surface area contributed by atoms with Gasteiger partial charge in [0.2, 0.25) is 5.91 Å². The maximum atomic E-state index is 12.3. The third-order valence-corrected chi connectivity index (χ3v) is 4.10. The molecule has 2 amide bonds. The highest BCUT2D eigenvalue weighted by molar-refractivity contribution is 6.32. The van der Waals surface area contributed by atoms with Crippen LogP contribution in [0, 0.1) is 0 Å². The molecule has 2 rings (SSSR count). The molecule has 26 heavy (non-hydrogen) atoms. The van der Waals surface area contributed by atoms with Crippen LogP contribution in [0.25, 0.3) is 0 Å². The van der Waals surface area contributed by atoms with E-state index in [9.17, 15) is 9.59 Å². The predicted molar refractivity (Wildman–Crippen MR) is 101 cm³/mol. The van der Waals surface area contributed by atoms with Gasteiger partial charge in [0.1, 0.15) is 11.5 Å². The predicted octanol–water partition coefficient (Wildman–Crippen LogP) is 3.14. The molecule has 0 fully saturated rings. The molecule has 0 saturated carbocycles. The van der Waals surface area contributed by atoms with Crippen LogP contribution in [0.1, 0.15) is 17.3 Å². The highest BCUT2D eigenvalue weighted by Crippen LogP contribution is 2.29. The Balaban J connectivity index is 2.04. The summed E-state index contributed by atoms with van der Waals surface area (Å²) in [7, 11) is 3.04. The summed E-state index contributed by atoms with van der Waals surface area (Å²) in [6, 6.07) is 12.1. The van der Waals surface area contributed by atoms with Crippen LogP contribution in [-0.2, 0) is 4.79 Å². The molecule has 1 N–H and O–H groups in total. The lowest BCUT2D eigenvalue weighted by atomic mass is 10.2. The summed E-state index contributed by atoms with van der Waals surface area (Å²) in [5, 5.41) is 3.21. The Kier molecular flexibility index (Phi) is 6.86.